The third-order valence-electron chi connectivity index (χ3n) is 5.08. The second-order valence-corrected chi connectivity index (χ2v) is 8.74. The number of nitrogens with one attached hydrogen (secondary N) is 1. The lowest BCUT2D eigenvalue weighted by molar-refractivity contribution is -0.121. The highest BCUT2D eigenvalue weighted by atomic mass is 32.1. The fourth-order valence-corrected chi connectivity index (χ4v) is 4.36. The van der Waals surface area contributed by atoms with Crippen LogP contribution in [-0.4, -0.2) is 24.1 Å². The summed E-state index contributed by atoms with van der Waals surface area (Å²) in [5.74, 6) is 1.23. The average molecular weight is 441 g/mol. The van der Waals surface area contributed by atoms with E-state index in [9.17, 15) is 9.18 Å². The van der Waals surface area contributed by atoms with Crippen LogP contribution in [0.25, 0.3) is 10.6 Å². The highest BCUT2D eigenvalue weighted by molar-refractivity contribution is 7.13. The summed E-state index contributed by atoms with van der Waals surface area (Å²) in [6.07, 6.45) is 1.01. The molecule has 2 aromatic carbocycles. The Bertz CT molecular complexity index is 1070. The first-order valence-corrected chi connectivity index (χ1v) is 11.3. The van der Waals surface area contributed by atoms with Crippen LogP contribution in [0.5, 0.6) is 11.5 Å². The van der Waals surface area contributed by atoms with Crippen molar-refractivity contribution in [3.8, 4) is 22.1 Å². The number of thiazole rings is 1. The summed E-state index contributed by atoms with van der Waals surface area (Å²) in [5, 5.41) is 5.68. The molecule has 31 heavy (non-hydrogen) atoms. The van der Waals surface area contributed by atoms with Gasteiger partial charge in [0.25, 0.3) is 0 Å². The zero-order valence-corrected chi connectivity index (χ0v) is 18.4. The Labute approximate surface area is 185 Å². The summed E-state index contributed by atoms with van der Waals surface area (Å²) in [5.41, 5.74) is 2.36. The van der Waals surface area contributed by atoms with Crippen molar-refractivity contribution in [2.45, 2.75) is 32.7 Å². The van der Waals surface area contributed by atoms with Gasteiger partial charge in [-0.1, -0.05) is 32.0 Å². The average Bonchev–Trinajstić information content (AvgIpc) is 3.08. The first kappa shape index (κ1) is 21.3. The van der Waals surface area contributed by atoms with Crippen LogP contribution in [0.4, 0.5) is 4.39 Å². The van der Waals surface area contributed by atoms with Gasteiger partial charge < -0.3 is 14.8 Å². The van der Waals surface area contributed by atoms with E-state index in [1.165, 1.54) is 23.5 Å². The quantitative estimate of drug-likeness (QED) is 0.575. The van der Waals surface area contributed by atoms with Gasteiger partial charge in [-0.25, -0.2) is 9.37 Å². The summed E-state index contributed by atoms with van der Waals surface area (Å²) in [7, 11) is 0. The van der Waals surface area contributed by atoms with Gasteiger partial charge in [0.05, 0.1) is 31.4 Å². The lowest BCUT2D eigenvalue weighted by Gasteiger charge is -2.23. The molecule has 0 aliphatic carbocycles. The Morgan fingerprint density at radius 3 is 2.74 bits per heavy atom. The molecule has 1 amide bonds. The molecule has 1 aliphatic rings. The Hall–Kier alpha value is -2.93. The number of hydrogen-bond donors (Lipinski definition) is 1. The van der Waals surface area contributed by atoms with Crippen molar-refractivity contribution in [3.05, 3.63) is 64.9 Å². The minimum absolute atomic E-state index is 0.109. The fraction of sp³-hybridized carbons (Fsp3) is 0.333. The first-order valence-electron chi connectivity index (χ1n) is 10.4. The number of halogens is 1. The summed E-state index contributed by atoms with van der Waals surface area (Å²) < 4.78 is 25.0. The van der Waals surface area contributed by atoms with E-state index in [1.807, 2.05) is 29.6 Å². The third kappa shape index (κ3) is 5.22. The summed E-state index contributed by atoms with van der Waals surface area (Å²) >= 11 is 1.40. The smallest absolute Gasteiger partial charge is 0.226 e. The maximum Gasteiger partial charge on any atom is 0.226 e. The summed E-state index contributed by atoms with van der Waals surface area (Å²) in [4.78, 5) is 17.3. The van der Waals surface area contributed by atoms with Crippen LogP contribution in [-0.2, 0) is 11.2 Å². The third-order valence-corrected chi connectivity index (χ3v) is 6.02. The number of ether oxygens (including phenoxy) is 2. The van der Waals surface area contributed by atoms with E-state index in [-0.39, 0.29) is 30.1 Å². The van der Waals surface area contributed by atoms with E-state index in [0.717, 1.165) is 17.7 Å². The van der Waals surface area contributed by atoms with Gasteiger partial charge in [0, 0.05) is 17.4 Å². The molecule has 2 heterocycles. The van der Waals surface area contributed by atoms with Gasteiger partial charge in [-0.05, 0) is 35.7 Å². The van der Waals surface area contributed by atoms with E-state index < -0.39 is 0 Å². The molecule has 1 aromatic heterocycles. The van der Waals surface area contributed by atoms with E-state index in [0.29, 0.717) is 35.2 Å². The number of rotatable bonds is 6. The van der Waals surface area contributed by atoms with Crippen molar-refractivity contribution < 1.29 is 18.7 Å². The molecular formula is C24H25FN2O3S. The number of carbonyl (C=O) groups is 1. The standard InChI is InChI=1S/C24H25FN2O3S/c1-15(2)23(16-7-8-20-21(12-16)30-10-4-9-29-20)27-22(28)13-19-14-31-24(26-19)17-5-3-6-18(25)11-17/h3,5-8,11-12,14-15,23H,4,9-10,13H2,1-2H3,(H,27,28). The number of carbonyl (C=O) groups excluding carboxylic acids is 1. The Morgan fingerprint density at radius 1 is 1.16 bits per heavy atom. The number of hydrogen-bond acceptors (Lipinski definition) is 5. The van der Waals surface area contributed by atoms with Crippen molar-refractivity contribution in [1.29, 1.82) is 0 Å². The molecule has 0 spiro atoms. The monoisotopic (exact) mass is 440 g/mol. The molecule has 162 valence electrons. The van der Waals surface area contributed by atoms with Crippen LogP contribution in [0.3, 0.4) is 0 Å². The van der Waals surface area contributed by atoms with Gasteiger partial charge in [0.2, 0.25) is 5.91 Å². The topological polar surface area (TPSA) is 60.5 Å². The van der Waals surface area contributed by atoms with E-state index in [1.54, 1.807) is 6.07 Å². The lowest BCUT2D eigenvalue weighted by Crippen LogP contribution is -2.33. The number of fused-ring (bicyclic) bond motifs is 1. The fourth-order valence-electron chi connectivity index (χ4n) is 3.54. The molecule has 0 bridgehead atoms. The van der Waals surface area contributed by atoms with Crippen LogP contribution >= 0.6 is 11.3 Å². The van der Waals surface area contributed by atoms with E-state index in [2.05, 4.69) is 24.1 Å². The van der Waals surface area contributed by atoms with Crippen LogP contribution in [0.15, 0.2) is 47.8 Å². The molecule has 0 fully saturated rings. The Morgan fingerprint density at radius 2 is 1.97 bits per heavy atom. The van der Waals surface area contributed by atoms with Crippen LogP contribution in [0.2, 0.25) is 0 Å². The van der Waals surface area contributed by atoms with Crippen LogP contribution in [0, 0.1) is 11.7 Å². The maximum atomic E-state index is 13.5. The normalized spacial score (nSPS) is 14.2. The molecule has 1 N–H and O–H groups in total. The first-order chi connectivity index (χ1) is 15.0. The molecule has 0 saturated heterocycles. The Kier molecular flexibility index (Phi) is 6.51. The maximum absolute atomic E-state index is 13.5. The number of aromatic nitrogens is 1. The number of amides is 1. The molecule has 5 nitrogen and oxygen atoms in total. The van der Waals surface area contributed by atoms with Crippen molar-refractivity contribution in [2.24, 2.45) is 5.92 Å². The highest BCUT2D eigenvalue weighted by Crippen LogP contribution is 2.34. The molecule has 1 atom stereocenters. The predicted octanol–water partition coefficient (Wildman–Crippen LogP) is 5.17. The van der Waals surface area contributed by atoms with Gasteiger partial charge in [-0.15, -0.1) is 11.3 Å². The minimum Gasteiger partial charge on any atom is -0.490 e. The van der Waals surface area contributed by atoms with E-state index in [4.69, 9.17) is 9.47 Å². The van der Waals surface area contributed by atoms with Gasteiger partial charge in [-0.2, -0.15) is 0 Å². The second-order valence-electron chi connectivity index (χ2n) is 7.88. The summed E-state index contributed by atoms with van der Waals surface area (Å²) in [6.45, 7) is 5.40. The zero-order chi connectivity index (χ0) is 21.8. The second kappa shape index (κ2) is 9.47. The lowest BCUT2D eigenvalue weighted by atomic mass is 9.95. The largest absolute Gasteiger partial charge is 0.490 e. The van der Waals surface area contributed by atoms with Crippen molar-refractivity contribution in [1.82, 2.24) is 10.3 Å². The molecule has 0 radical (unpaired) electrons. The highest BCUT2D eigenvalue weighted by Gasteiger charge is 2.22. The molecule has 1 aliphatic heterocycles. The molecule has 7 heteroatoms. The predicted molar refractivity (Wildman–Crippen MR) is 119 cm³/mol. The zero-order valence-electron chi connectivity index (χ0n) is 17.6. The molecule has 0 saturated carbocycles. The van der Waals surface area contributed by atoms with Crippen molar-refractivity contribution >= 4 is 17.2 Å². The van der Waals surface area contributed by atoms with Gasteiger partial charge >= 0.3 is 0 Å². The molecular weight excluding hydrogens is 415 g/mol. The number of benzene rings is 2. The van der Waals surface area contributed by atoms with E-state index >= 15 is 0 Å². The SMILES string of the molecule is CC(C)C(NC(=O)Cc1csc(-c2cccc(F)c2)n1)c1ccc2c(c1)OCCCO2. The minimum atomic E-state index is -0.304. The molecule has 4 rings (SSSR count). The van der Waals surface area contributed by atoms with Gasteiger partial charge in [-0.3, -0.25) is 4.79 Å². The van der Waals surface area contributed by atoms with Crippen LogP contribution in [0.1, 0.15) is 37.6 Å². The van der Waals surface area contributed by atoms with Crippen LogP contribution < -0.4 is 14.8 Å². The van der Waals surface area contributed by atoms with Crippen molar-refractivity contribution in [2.75, 3.05) is 13.2 Å². The number of nitrogens with zero attached hydrogens (tertiary/aromatic N) is 1. The Balaban J connectivity index is 1.46. The van der Waals surface area contributed by atoms with Gasteiger partial charge in [0.1, 0.15) is 10.8 Å². The molecule has 1 unspecified atom stereocenters. The van der Waals surface area contributed by atoms with Gasteiger partial charge in [0.15, 0.2) is 11.5 Å². The molecule has 3 aromatic rings. The summed E-state index contributed by atoms with van der Waals surface area (Å²) in [6, 6.07) is 12.0. The van der Waals surface area contributed by atoms with Crippen molar-refractivity contribution in [3.63, 3.8) is 0 Å².